The van der Waals surface area contributed by atoms with Gasteiger partial charge in [-0.3, -0.25) is 4.99 Å². The van der Waals surface area contributed by atoms with Gasteiger partial charge in [0.05, 0.1) is 6.54 Å². The Morgan fingerprint density at radius 3 is 2.75 bits per heavy atom. The monoisotopic (exact) mass is 393 g/mol. The molecule has 0 bridgehead atoms. The lowest BCUT2D eigenvalue weighted by Gasteiger charge is -2.09. The first-order valence-corrected chi connectivity index (χ1v) is 7.06. The van der Waals surface area contributed by atoms with Crippen LogP contribution in [0.4, 0.5) is 0 Å². The minimum atomic E-state index is 0. The molecule has 2 N–H and O–H groups in total. The summed E-state index contributed by atoms with van der Waals surface area (Å²) in [5.41, 5.74) is 0. The van der Waals surface area contributed by atoms with E-state index in [-0.39, 0.29) is 24.0 Å². The maximum atomic E-state index is 5.19. The first-order chi connectivity index (χ1) is 9.19. The molecule has 6 nitrogen and oxygen atoms in total. The van der Waals surface area contributed by atoms with Gasteiger partial charge < -0.3 is 15.2 Å². The van der Waals surface area contributed by atoms with Gasteiger partial charge in [-0.05, 0) is 19.8 Å². The van der Waals surface area contributed by atoms with Crippen LogP contribution in [0.3, 0.4) is 0 Å². The van der Waals surface area contributed by atoms with Gasteiger partial charge in [-0.25, -0.2) is 0 Å². The maximum Gasteiger partial charge on any atom is 0.228 e. The fourth-order valence-electron chi connectivity index (χ4n) is 1.61. The van der Waals surface area contributed by atoms with E-state index in [2.05, 4.69) is 46.5 Å². The number of guanidine groups is 1. The molecule has 1 heterocycles. The molecule has 1 aromatic rings. The predicted octanol–water partition coefficient (Wildman–Crippen LogP) is 2.07. The molecule has 1 fully saturated rings. The van der Waals surface area contributed by atoms with Crippen molar-refractivity contribution in [2.45, 2.75) is 52.0 Å². The Labute approximate surface area is 137 Å². The topological polar surface area (TPSA) is 75.3 Å². The third kappa shape index (κ3) is 5.64. The lowest BCUT2D eigenvalue weighted by molar-refractivity contribution is 0.372. The van der Waals surface area contributed by atoms with Gasteiger partial charge in [0.2, 0.25) is 5.89 Å². The van der Waals surface area contributed by atoms with E-state index in [4.69, 9.17) is 4.52 Å². The quantitative estimate of drug-likeness (QED) is 0.440. The van der Waals surface area contributed by atoms with Crippen molar-refractivity contribution in [2.75, 3.05) is 13.1 Å². The molecule has 0 radical (unpaired) electrons. The average molecular weight is 393 g/mol. The number of aromatic nitrogens is 2. The molecule has 1 aliphatic carbocycles. The number of nitrogens with one attached hydrogen (secondary N) is 2. The van der Waals surface area contributed by atoms with Crippen molar-refractivity contribution in [3.8, 4) is 0 Å². The van der Waals surface area contributed by atoms with Crippen LogP contribution in [-0.4, -0.2) is 35.2 Å². The van der Waals surface area contributed by atoms with Gasteiger partial charge in [-0.15, -0.1) is 24.0 Å². The zero-order valence-electron chi connectivity index (χ0n) is 12.3. The molecule has 20 heavy (non-hydrogen) atoms. The third-order valence-corrected chi connectivity index (χ3v) is 2.86. The Balaban J connectivity index is 0.00000200. The summed E-state index contributed by atoms with van der Waals surface area (Å²) in [6.07, 6.45) is 3.17. The van der Waals surface area contributed by atoms with E-state index in [0.29, 0.717) is 30.8 Å². The van der Waals surface area contributed by atoms with E-state index in [1.54, 1.807) is 0 Å². The summed E-state index contributed by atoms with van der Waals surface area (Å²) in [7, 11) is 0. The highest BCUT2D eigenvalue weighted by molar-refractivity contribution is 14.0. The van der Waals surface area contributed by atoms with Crippen LogP contribution in [0.15, 0.2) is 9.52 Å². The second-order valence-corrected chi connectivity index (χ2v) is 5.13. The summed E-state index contributed by atoms with van der Waals surface area (Å²) in [6, 6.07) is 0.605. The van der Waals surface area contributed by atoms with Gasteiger partial charge in [0, 0.05) is 24.9 Å². The Morgan fingerprint density at radius 2 is 2.20 bits per heavy atom. The second-order valence-electron chi connectivity index (χ2n) is 5.13. The first-order valence-electron chi connectivity index (χ1n) is 7.06. The Bertz CT molecular complexity index is 428. The fourth-order valence-corrected chi connectivity index (χ4v) is 1.61. The Morgan fingerprint density at radius 1 is 1.45 bits per heavy atom. The highest BCUT2D eigenvalue weighted by Gasteiger charge is 2.22. The van der Waals surface area contributed by atoms with Gasteiger partial charge in [0.1, 0.15) is 0 Å². The lowest BCUT2D eigenvalue weighted by Crippen LogP contribution is -2.38. The molecule has 2 rings (SSSR count). The molecule has 7 heteroatoms. The van der Waals surface area contributed by atoms with Crippen molar-refractivity contribution in [1.29, 1.82) is 0 Å². The summed E-state index contributed by atoms with van der Waals surface area (Å²) in [6.45, 7) is 7.70. The number of rotatable bonds is 6. The van der Waals surface area contributed by atoms with Crippen LogP contribution in [0.2, 0.25) is 0 Å². The molecule has 0 atom stereocenters. The van der Waals surface area contributed by atoms with Crippen molar-refractivity contribution in [2.24, 2.45) is 4.99 Å². The molecule has 114 valence electrons. The standard InChI is InChI=1S/C13H23N5O.HI/c1-4-14-13(16-10-5-6-10)15-8-7-11-17-12(9(2)3)18-19-11;/h9-10H,4-8H2,1-3H3,(H2,14,15,16);1H. The predicted molar refractivity (Wildman–Crippen MR) is 89.6 cm³/mol. The summed E-state index contributed by atoms with van der Waals surface area (Å²) in [5.74, 6) is 2.61. The van der Waals surface area contributed by atoms with Crippen molar-refractivity contribution in [3.63, 3.8) is 0 Å². The first kappa shape index (κ1) is 17.2. The van der Waals surface area contributed by atoms with Crippen molar-refractivity contribution < 1.29 is 4.52 Å². The molecular formula is C13H24IN5O. The molecule has 0 saturated heterocycles. The van der Waals surface area contributed by atoms with Crippen LogP contribution in [0.1, 0.15) is 51.2 Å². The number of hydrogen-bond donors (Lipinski definition) is 2. The molecule has 0 aromatic carbocycles. The zero-order valence-corrected chi connectivity index (χ0v) is 14.7. The van der Waals surface area contributed by atoms with Gasteiger partial charge >= 0.3 is 0 Å². The van der Waals surface area contributed by atoms with Gasteiger partial charge in [0.15, 0.2) is 11.8 Å². The largest absolute Gasteiger partial charge is 0.357 e. The van der Waals surface area contributed by atoms with Gasteiger partial charge in [0.25, 0.3) is 0 Å². The summed E-state index contributed by atoms with van der Waals surface area (Å²) >= 11 is 0. The highest BCUT2D eigenvalue weighted by Crippen LogP contribution is 2.18. The van der Waals surface area contributed by atoms with E-state index in [9.17, 15) is 0 Å². The fraction of sp³-hybridized carbons (Fsp3) is 0.769. The molecule has 0 unspecified atom stereocenters. The molecule has 0 spiro atoms. The summed E-state index contributed by atoms with van der Waals surface area (Å²) in [5, 5.41) is 10.6. The Kier molecular flexibility index (Phi) is 7.25. The van der Waals surface area contributed by atoms with Crippen molar-refractivity contribution >= 4 is 29.9 Å². The number of nitrogens with zero attached hydrogens (tertiary/aromatic N) is 3. The van der Waals surface area contributed by atoms with Crippen LogP contribution in [-0.2, 0) is 6.42 Å². The van der Waals surface area contributed by atoms with E-state index in [1.807, 2.05) is 0 Å². The minimum Gasteiger partial charge on any atom is -0.357 e. The van der Waals surface area contributed by atoms with E-state index < -0.39 is 0 Å². The number of halogens is 1. The van der Waals surface area contributed by atoms with Crippen LogP contribution in [0.5, 0.6) is 0 Å². The van der Waals surface area contributed by atoms with Crippen LogP contribution >= 0.6 is 24.0 Å². The molecule has 1 aliphatic rings. The van der Waals surface area contributed by atoms with Crippen molar-refractivity contribution in [1.82, 2.24) is 20.8 Å². The SMILES string of the molecule is CCNC(=NCCc1nc(C(C)C)no1)NC1CC1.I. The molecule has 0 amide bonds. The van der Waals surface area contributed by atoms with E-state index in [1.165, 1.54) is 12.8 Å². The maximum absolute atomic E-state index is 5.19. The van der Waals surface area contributed by atoms with Crippen LogP contribution < -0.4 is 10.6 Å². The second kappa shape index (κ2) is 8.43. The van der Waals surface area contributed by atoms with Crippen molar-refractivity contribution in [3.05, 3.63) is 11.7 Å². The van der Waals surface area contributed by atoms with E-state index >= 15 is 0 Å². The highest BCUT2D eigenvalue weighted by atomic mass is 127. The van der Waals surface area contributed by atoms with E-state index in [0.717, 1.165) is 18.3 Å². The normalized spacial score (nSPS) is 15.1. The van der Waals surface area contributed by atoms with Gasteiger partial charge in [-0.1, -0.05) is 19.0 Å². The number of aliphatic imine (C=N–C) groups is 1. The van der Waals surface area contributed by atoms with Crippen LogP contribution in [0.25, 0.3) is 0 Å². The average Bonchev–Trinajstić information content (AvgIpc) is 3.05. The van der Waals surface area contributed by atoms with Gasteiger partial charge in [-0.2, -0.15) is 4.98 Å². The summed E-state index contributed by atoms with van der Waals surface area (Å²) < 4.78 is 5.19. The molecule has 1 saturated carbocycles. The molecule has 0 aliphatic heterocycles. The zero-order chi connectivity index (χ0) is 13.7. The third-order valence-electron chi connectivity index (χ3n) is 2.86. The lowest BCUT2D eigenvalue weighted by atomic mass is 10.2. The number of hydrogen-bond acceptors (Lipinski definition) is 4. The molecular weight excluding hydrogens is 369 g/mol. The Hall–Kier alpha value is -0.860. The molecule has 1 aromatic heterocycles. The smallest absolute Gasteiger partial charge is 0.228 e. The minimum absolute atomic E-state index is 0. The summed E-state index contributed by atoms with van der Waals surface area (Å²) in [4.78, 5) is 8.85. The van der Waals surface area contributed by atoms with Crippen LogP contribution in [0, 0.1) is 0 Å².